The van der Waals surface area contributed by atoms with Crippen LogP contribution in [0, 0.1) is 0 Å². The van der Waals surface area contributed by atoms with Gasteiger partial charge in [0.05, 0.1) is 32.2 Å². The van der Waals surface area contributed by atoms with Gasteiger partial charge in [0.2, 0.25) is 0 Å². The predicted molar refractivity (Wildman–Crippen MR) is 63.0 cm³/mol. The van der Waals surface area contributed by atoms with E-state index in [1.807, 2.05) is 0 Å². The van der Waals surface area contributed by atoms with Gasteiger partial charge in [-0.05, 0) is 22.1 Å². The molecular formula is C11H12N5O3+. The highest BCUT2D eigenvalue weighted by atomic mass is 16.5. The van der Waals surface area contributed by atoms with E-state index in [9.17, 15) is 4.79 Å². The summed E-state index contributed by atoms with van der Waals surface area (Å²) in [6, 6.07) is 3.47. The smallest absolute Gasteiger partial charge is 0.447 e. The van der Waals surface area contributed by atoms with Crippen molar-refractivity contribution in [2.45, 2.75) is 0 Å². The molecule has 0 spiro atoms. The molecule has 0 saturated heterocycles. The van der Waals surface area contributed by atoms with Crippen LogP contribution in [0.15, 0.2) is 24.5 Å². The molecule has 0 aromatic carbocycles. The number of aromatic nitrogens is 4. The fourth-order valence-electron chi connectivity index (χ4n) is 1.37. The number of hydrogen-bond acceptors (Lipinski definition) is 6. The molecule has 0 saturated carbocycles. The van der Waals surface area contributed by atoms with Crippen LogP contribution in [-0.4, -0.2) is 35.1 Å². The Bertz CT molecular complexity index is 595. The molecule has 8 heteroatoms. The number of carbonyl (C=O) groups excluding carboxylic acids is 1. The number of pyridine rings is 1. The van der Waals surface area contributed by atoms with E-state index < -0.39 is 5.91 Å². The summed E-state index contributed by atoms with van der Waals surface area (Å²) in [6.07, 6.45) is 3.18. The Morgan fingerprint density at radius 1 is 1.21 bits per heavy atom. The number of amides is 1. The molecule has 2 aromatic heterocycles. The van der Waals surface area contributed by atoms with Crippen LogP contribution in [0.3, 0.4) is 0 Å². The molecule has 2 N–H and O–H groups in total. The van der Waals surface area contributed by atoms with E-state index >= 15 is 0 Å². The average molecular weight is 262 g/mol. The van der Waals surface area contributed by atoms with E-state index in [1.165, 1.54) is 25.0 Å². The van der Waals surface area contributed by atoms with Gasteiger partial charge in [0.15, 0.2) is 0 Å². The molecule has 8 nitrogen and oxygen atoms in total. The Morgan fingerprint density at radius 3 is 2.37 bits per heavy atom. The second-order valence-corrected chi connectivity index (χ2v) is 3.47. The molecule has 2 aromatic rings. The lowest BCUT2D eigenvalue weighted by atomic mass is 10.3. The van der Waals surface area contributed by atoms with Gasteiger partial charge in [-0.2, -0.15) is 0 Å². The minimum atomic E-state index is -0.540. The van der Waals surface area contributed by atoms with Crippen molar-refractivity contribution >= 4 is 5.91 Å². The Labute approximate surface area is 108 Å². The first kappa shape index (κ1) is 12.7. The monoisotopic (exact) mass is 262 g/mol. The summed E-state index contributed by atoms with van der Waals surface area (Å²) >= 11 is 0. The topological polar surface area (TPSA) is 104 Å². The molecule has 19 heavy (non-hydrogen) atoms. The van der Waals surface area contributed by atoms with Crippen molar-refractivity contribution in [1.82, 2.24) is 15.0 Å². The average Bonchev–Trinajstić information content (AvgIpc) is 2.46. The third kappa shape index (κ3) is 2.73. The van der Waals surface area contributed by atoms with Gasteiger partial charge in [-0.3, -0.25) is 4.79 Å². The number of hydrogen-bond donors (Lipinski definition) is 1. The van der Waals surface area contributed by atoms with Crippen molar-refractivity contribution in [2.24, 2.45) is 5.73 Å². The van der Waals surface area contributed by atoms with Crippen molar-refractivity contribution in [3.8, 4) is 18.0 Å². The summed E-state index contributed by atoms with van der Waals surface area (Å²) in [7, 11) is 2.87. The molecule has 0 aliphatic heterocycles. The van der Waals surface area contributed by atoms with Gasteiger partial charge in [0.1, 0.15) is 0 Å². The molecule has 0 radical (unpaired) electrons. The first-order valence-electron chi connectivity index (χ1n) is 5.29. The summed E-state index contributed by atoms with van der Waals surface area (Å²) in [5.74, 6) is -0.283. The van der Waals surface area contributed by atoms with Crippen molar-refractivity contribution in [3.05, 3.63) is 30.1 Å². The summed E-state index contributed by atoms with van der Waals surface area (Å²) in [6.45, 7) is 0. The van der Waals surface area contributed by atoms with Crippen LogP contribution >= 0.6 is 0 Å². The highest BCUT2D eigenvalue weighted by Gasteiger charge is 2.19. The number of nitrogens with zero attached hydrogens (tertiary/aromatic N) is 4. The van der Waals surface area contributed by atoms with Crippen LogP contribution in [0.25, 0.3) is 5.95 Å². The summed E-state index contributed by atoms with van der Waals surface area (Å²) in [4.78, 5) is 23.1. The molecule has 0 atom stereocenters. The van der Waals surface area contributed by atoms with Gasteiger partial charge >= 0.3 is 18.0 Å². The highest BCUT2D eigenvalue weighted by molar-refractivity contribution is 5.92. The maximum atomic E-state index is 11.1. The first-order chi connectivity index (χ1) is 9.13. The lowest BCUT2D eigenvalue weighted by Gasteiger charge is -2.00. The van der Waals surface area contributed by atoms with Crippen LogP contribution < -0.4 is 19.8 Å². The predicted octanol–water partition coefficient (Wildman–Crippen LogP) is -0.736. The van der Waals surface area contributed by atoms with E-state index in [0.29, 0.717) is 5.56 Å². The fraction of sp³-hybridized carbons (Fsp3) is 0.182. The molecule has 98 valence electrons. The first-order valence-corrected chi connectivity index (χ1v) is 5.29. The molecule has 0 aliphatic rings. The number of ether oxygens (including phenoxy) is 2. The number of carbonyl (C=O) groups is 1. The number of rotatable bonds is 4. The molecule has 0 fully saturated rings. The molecule has 0 bridgehead atoms. The van der Waals surface area contributed by atoms with E-state index in [0.717, 1.165) is 0 Å². The quantitative estimate of drug-likeness (QED) is 0.728. The number of primary amides is 1. The molecule has 1 amide bonds. The molecule has 0 aliphatic carbocycles. The van der Waals surface area contributed by atoms with Crippen LogP contribution in [-0.2, 0) is 0 Å². The fourth-order valence-corrected chi connectivity index (χ4v) is 1.37. The molecule has 2 heterocycles. The van der Waals surface area contributed by atoms with Gasteiger partial charge in [0, 0.05) is 0 Å². The minimum absolute atomic E-state index is 0.110. The van der Waals surface area contributed by atoms with Gasteiger partial charge in [-0.15, -0.1) is 4.98 Å². The van der Waals surface area contributed by atoms with Gasteiger partial charge in [-0.25, -0.2) is 4.57 Å². The van der Waals surface area contributed by atoms with E-state index in [-0.39, 0.29) is 18.0 Å². The Hall–Kier alpha value is -2.77. The van der Waals surface area contributed by atoms with Gasteiger partial charge in [-0.1, -0.05) is 0 Å². The zero-order chi connectivity index (χ0) is 13.8. The van der Waals surface area contributed by atoms with Crippen molar-refractivity contribution in [1.29, 1.82) is 0 Å². The van der Waals surface area contributed by atoms with Gasteiger partial charge in [0.25, 0.3) is 5.91 Å². The normalized spacial score (nSPS) is 10.0. The molecular weight excluding hydrogens is 250 g/mol. The van der Waals surface area contributed by atoms with Crippen molar-refractivity contribution in [2.75, 3.05) is 14.2 Å². The van der Waals surface area contributed by atoms with Crippen LogP contribution in [0.2, 0.25) is 0 Å². The Balaban J connectivity index is 2.51. The van der Waals surface area contributed by atoms with E-state index in [4.69, 9.17) is 15.2 Å². The summed E-state index contributed by atoms with van der Waals surface area (Å²) in [5, 5.41) is 0. The van der Waals surface area contributed by atoms with Crippen molar-refractivity contribution in [3.63, 3.8) is 0 Å². The maximum Gasteiger partial charge on any atom is 0.447 e. The Kier molecular flexibility index (Phi) is 3.51. The second kappa shape index (κ2) is 5.25. The third-order valence-electron chi connectivity index (χ3n) is 2.26. The second-order valence-electron chi connectivity index (χ2n) is 3.47. The SMILES string of the molecule is COc1nc(OC)nc(-[n+]2cccc(C(N)=O)c2)n1. The van der Waals surface area contributed by atoms with Gasteiger partial charge < -0.3 is 15.2 Å². The standard InChI is InChI=1S/C11H11N5O3/c1-18-10-13-9(14-11(15-10)19-2)16-5-3-4-7(6-16)8(12)17/h3-6H,1-2H3,(H-,12,17)/p+1. The summed E-state index contributed by atoms with van der Waals surface area (Å²) in [5.41, 5.74) is 5.55. The largest absolute Gasteiger partial charge is 0.454 e. The number of nitrogens with two attached hydrogens (primary N) is 1. The van der Waals surface area contributed by atoms with E-state index in [2.05, 4.69) is 15.0 Å². The third-order valence-corrected chi connectivity index (χ3v) is 2.26. The van der Waals surface area contributed by atoms with Crippen LogP contribution in [0.1, 0.15) is 10.4 Å². The lowest BCUT2D eigenvalue weighted by Crippen LogP contribution is -2.34. The minimum Gasteiger partial charge on any atom is -0.454 e. The Morgan fingerprint density at radius 2 is 1.84 bits per heavy atom. The summed E-state index contributed by atoms with van der Waals surface area (Å²) < 4.78 is 11.4. The zero-order valence-corrected chi connectivity index (χ0v) is 10.4. The maximum absolute atomic E-state index is 11.1. The number of methoxy groups -OCH3 is 2. The zero-order valence-electron chi connectivity index (χ0n) is 10.4. The lowest BCUT2D eigenvalue weighted by molar-refractivity contribution is -0.604. The van der Waals surface area contributed by atoms with Crippen LogP contribution in [0.5, 0.6) is 12.0 Å². The van der Waals surface area contributed by atoms with Crippen molar-refractivity contribution < 1.29 is 18.8 Å². The van der Waals surface area contributed by atoms with Crippen LogP contribution in [0.4, 0.5) is 0 Å². The molecule has 0 unspecified atom stereocenters. The molecule has 2 rings (SSSR count). The highest BCUT2D eigenvalue weighted by Crippen LogP contribution is 2.08. The van der Waals surface area contributed by atoms with E-state index in [1.54, 1.807) is 18.3 Å².